The molecule has 6 heteroatoms. The first-order valence-electron chi connectivity index (χ1n) is 27.3. The minimum absolute atomic E-state index is 0.0850. The highest BCUT2D eigenvalue weighted by molar-refractivity contribution is 5.71. The maximum absolute atomic E-state index is 12.8. The number of allylic oxidation sites excluding steroid dienone is 10. The minimum atomic E-state index is -0.787. The number of rotatable bonds is 49. The van der Waals surface area contributed by atoms with Crippen LogP contribution in [0.25, 0.3) is 0 Å². The highest BCUT2D eigenvalue weighted by Crippen LogP contribution is 2.15. The maximum atomic E-state index is 12.8. The Balaban J connectivity index is 4.37. The van der Waals surface area contributed by atoms with E-state index >= 15 is 0 Å². The third-order valence-electron chi connectivity index (χ3n) is 11.7. The third-order valence-corrected chi connectivity index (χ3v) is 11.7. The summed E-state index contributed by atoms with van der Waals surface area (Å²) in [6, 6.07) is 0. The van der Waals surface area contributed by atoms with Crippen molar-refractivity contribution in [1.82, 2.24) is 0 Å². The van der Waals surface area contributed by atoms with Gasteiger partial charge in [0.05, 0.1) is 0 Å². The van der Waals surface area contributed by atoms with Gasteiger partial charge in [-0.1, -0.05) is 216 Å². The average Bonchev–Trinajstić information content (AvgIpc) is 3.29. The van der Waals surface area contributed by atoms with Gasteiger partial charge in [0, 0.05) is 19.3 Å². The zero-order chi connectivity index (χ0) is 46.5. The van der Waals surface area contributed by atoms with E-state index in [1.807, 2.05) is 0 Å². The molecule has 1 unspecified atom stereocenters. The van der Waals surface area contributed by atoms with E-state index in [9.17, 15) is 14.4 Å². The van der Waals surface area contributed by atoms with Gasteiger partial charge in [-0.3, -0.25) is 14.4 Å². The molecule has 0 saturated carbocycles. The van der Waals surface area contributed by atoms with Crippen LogP contribution in [0.1, 0.15) is 271 Å². The van der Waals surface area contributed by atoms with Crippen molar-refractivity contribution in [2.75, 3.05) is 13.2 Å². The first-order chi connectivity index (χ1) is 31.5. The first kappa shape index (κ1) is 61.1. The molecule has 0 fully saturated rings. The van der Waals surface area contributed by atoms with Crippen molar-refractivity contribution in [2.45, 2.75) is 277 Å². The summed E-state index contributed by atoms with van der Waals surface area (Å²) in [6.07, 6.45) is 64.9. The van der Waals surface area contributed by atoms with Gasteiger partial charge in [-0.25, -0.2) is 0 Å². The SMILES string of the molecule is CCC/C=C\C/C=C\CCCCCCCC(=O)OCC(COC(=O)CCCCCCCCCCC/C=C\CCCCCCCC)OC(=O)CCCCCCC/C=C\C/C=C\CCCC. The standard InChI is InChI=1S/C58H102O6/c1-4-7-10-13-16-19-22-25-27-28-29-30-31-34-36-39-42-45-48-51-57(60)63-54-55(53-62-56(59)50-47-44-41-38-35-32-24-21-18-15-12-9-6-3)64-58(61)52-49-46-43-40-37-33-26-23-20-17-14-11-8-5-2/h12,14-15,17,21,23-27,55H,4-11,13,16,18-20,22,28-54H2,1-3H3/b15-12-,17-14-,24-21-,26-23-,27-25-. The molecule has 0 amide bonds. The summed E-state index contributed by atoms with van der Waals surface area (Å²) in [5.41, 5.74) is 0. The fraction of sp³-hybridized carbons (Fsp3) is 0.776. The van der Waals surface area contributed by atoms with Gasteiger partial charge >= 0.3 is 17.9 Å². The number of unbranched alkanes of at least 4 members (excludes halogenated alkanes) is 28. The van der Waals surface area contributed by atoms with Crippen LogP contribution in [0.5, 0.6) is 0 Å². The normalized spacial score (nSPS) is 12.5. The Bertz CT molecular complexity index is 1170. The van der Waals surface area contributed by atoms with E-state index in [0.29, 0.717) is 19.3 Å². The van der Waals surface area contributed by atoms with Gasteiger partial charge < -0.3 is 14.2 Å². The van der Waals surface area contributed by atoms with E-state index in [2.05, 4.69) is 81.5 Å². The van der Waals surface area contributed by atoms with Crippen LogP contribution < -0.4 is 0 Å². The van der Waals surface area contributed by atoms with Crippen LogP contribution in [0.3, 0.4) is 0 Å². The molecule has 0 radical (unpaired) electrons. The zero-order valence-electron chi connectivity index (χ0n) is 42.3. The van der Waals surface area contributed by atoms with Gasteiger partial charge in [-0.2, -0.15) is 0 Å². The summed E-state index contributed by atoms with van der Waals surface area (Å²) in [5, 5.41) is 0. The molecule has 6 nitrogen and oxygen atoms in total. The second-order valence-corrected chi connectivity index (χ2v) is 18.1. The van der Waals surface area contributed by atoms with Crippen LogP contribution in [-0.2, 0) is 28.6 Å². The van der Waals surface area contributed by atoms with Gasteiger partial charge in [0.2, 0.25) is 0 Å². The van der Waals surface area contributed by atoms with Crippen LogP contribution in [0.15, 0.2) is 60.8 Å². The first-order valence-corrected chi connectivity index (χ1v) is 27.3. The molecule has 0 spiro atoms. The van der Waals surface area contributed by atoms with Crippen molar-refractivity contribution in [3.63, 3.8) is 0 Å². The zero-order valence-corrected chi connectivity index (χ0v) is 42.3. The van der Waals surface area contributed by atoms with E-state index in [1.54, 1.807) is 0 Å². The largest absolute Gasteiger partial charge is 0.462 e. The number of hydrogen-bond acceptors (Lipinski definition) is 6. The van der Waals surface area contributed by atoms with E-state index < -0.39 is 6.10 Å². The molecule has 0 bridgehead atoms. The van der Waals surface area contributed by atoms with Crippen molar-refractivity contribution in [3.05, 3.63) is 60.8 Å². The molecule has 0 N–H and O–H groups in total. The van der Waals surface area contributed by atoms with Crippen molar-refractivity contribution in [1.29, 1.82) is 0 Å². The summed E-state index contributed by atoms with van der Waals surface area (Å²) in [5.74, 6) is -0.910. The quantitative estimate of drug-likeness (QED) is 0.0262. The summed E-state index contributed by atoms with van der Waals surface area (Å²) < 4.78 is 16.8. The molecular formula is C58H102O6. The molecule has 0 heterocycles. The molecule has 0 saturated heterocycles. The van der Waals surface area contributed by atoms with Crippen LogP contribution in [0.4, 0.5) is 0 Å². The topological polar surface area (TPSA) is 78.9 Å². The fourth-order valence-electron chi connectivity index (χ4n) is 7.55. The molecule has 0 aliphatic carbocycles. The average molecular weight is 895 g/mol. The van der Waals surface area contributed by atoms with Gasteiger partial charge in [0.15, 0.2) is 6.10 Å². The number of ether oxygens (including phenoxy) is 3. The summed E-state index contributed by atoms with van der Waals surface area (Å²) in [7, 11) is 0. The predicted octanol–water partition coefficient (Wildman–Crippen LogP) is 18.0. The molecule has 370 valence electrons. The Morgan fingerprint density at radius 1 is 0.312 bits per heavy atom. The molecular weight excluding hydrogens is 793 g/mol. The highest BCUT2D eigenvalue weighted by atomic mass is 16.6. The summed E-state index contributed by atoms with van der Waals surface area (Å²) in [6.45, 7) is 6.52. The van der Waals surface area contributed by atoms with Crippen molar-refractivity contribution in [3.8, 4) is 0 Å². The van der Waals surface area contributed by atoms with Crippen LogP contribution in [0, 0.1) is 0 Å². The Hall–Kier alpha value is -2.89. The Morgan fingerprint density at radius 3 is 0.984 bits per heavy atom. The Kier molecular flexibility index (Phi) is 50.4. The second kappa shape index (κ2) is 52.7. The smallest absolute Gasteiger partial charge is 0.306 e. The predicted molar refractivity (Wildman–Crippen MR) is 275 cm³/mol. The summed E-state index contributed by atoms with van der Waals surface area (Å²) >= 11 is 0. The molecule has 0 aromatic heterocycles. The van der Waals surface area contributed by atoms with Crippen molar-refractivity contribution < 1.29 is 28.6 Å². The lowest BCUT2D eigenvalue weighted by Crippen LogP contribution is -2.30. The molecule has 1 atom stereocenters. The second-order valence-electron chi connectivity index (χ2n) is 18.1. The lowest BCUT2D eigenvalue weighted by Gasteiger charge is -2.18. The molecule has 0 rings (SSSR count). The molecule has 0 aliphatic rings. The van der Waals surface area contributed by atoms with Crippen LogP contribution in [-0.4, -0.2) is 37.2 Å². The summed E-state index contributed by atoms with van der Waals surface area (Å²) in [4.78, 5) is 38.0. The Morgan fingerprint density at radius 2 is 0.609 bits per heavy atom. The van der Waals surface area contributed by atoms with Crippen LogP contribution >= 0.6 is 0 Å². The number of carbonyl (C=O) groups is 3. The number of hydrogen-bond donors (Lipinski definition) is 0. The molecule has 64 heavy (non-hydrogen) atoms. The van der Waals surface area contributed by atoms with Gasteiger partial charge in [0.1, 0.15) is 13.2 Å². The number of carbonyl (C=O) groups excluding carboxylic acids is 3. The fourth-order valence-corrected chi connectivity index (χ4v) is 7.55. The van der Waals surface area contributed by atoms with Gasteiger partial charge in [-0.05, 0) is 96.3 Å². The van der Waals surface area contributed by atoms with E-state index in [1.165, 1.54) is 122 Å². The van der Waals surface area contributed by atoms with Crippen LogP contribution in [0.2, 0.25) is 0 Å². The molecule has 0 aromatic carbocycles. The van der Waals surface area contributed by atoms with Crippen molar-refractivity contribution in [2.24, 2.45) is 0 Å². The van der Waals surface area contributed by atoms with E-state index in [0.717, 1.165) is 109 Å². The minimum Gasteiger partial charge on any atom is -0.462 e. The van der Waals surface area contributed by atoms with Gasteiger partial charge in [-0.15, -0.1) is 0 Å². The highest BCUT2D eigenvalue weighted by Gasteiger charge is 2.19. The van der Waals surface area contributed by atoms with Gasteiger partial charge in [0.25, 0.3) is 0 Å². The Labute approximate surface area is 396 Å². The maximum Gasteiger partial charge on any atom is 0.306 e. The third kappa shape index (κ3) is 50.1. The molecule has 0 aromatic rings. The van der Waals surface area contributed by atoms with E-state index in [-0.39, 0.29) is 31.1 Å². The number of esters is 3. The lowest BCUT2D eigenvalue weighted by atomic mass is 10.1. The van der Waals surface area contributed by atoms with E-state index in [4.69, 9.17) is 14.2 Å². The molecule has 0 aliphatic heterocycles. The lowest BCUT2D eigenvalue weighted by molar-refractivity contribution is -0.167. The van der Waals surface area contributed by atoms with Crippen molar-refractivity contribution >= 4 is 17.9 Å². The monoisotopic (exact) mass is 895 g/mol.